The maximum atomic E-state index is 12.3. The van der Waals surface area contributed by atoms with Crippen LogP contribution < -0.4 is 10.9 Å². The molecule has 1 amide bonds. The topological polar surface area (TPSA) is 79.3 Å². The summed E-state index contributed by atoms with van der Waals surface area (Å²) in [5.41, 5.74) is 4.28. The first-order chi connectivity index (χ1) is 12.2. The highest BCUT2D eigenvalue weighted by molar-refractivity contribution is 5.72. The molecular weight excluding hydrogens is 328 g/mol. The van der Waals surface area contributed by atoms with Gasteiger partial charge in [0.2, 0.25) is 5.91 Å². The number of fused-ring (bicyclic) bond motifs is 1. The number of rotatable bonds is 4. The van der Waals surface area contributed by atoms with Gasteiger partial charge in [0.1, 0.15) is 0 Å². The van der Waals surface area contributed by atoms with Crippen LogP contribution in [0.15, 0.2) is 41.2 Å². The normalized spacial score (nSPS) is 11.7. The first-order valence-electron chi connectivity index (χ1n) is 8.71. The molecule has 0 unspecified atom stereocenters. The van der Waals surface area contributed by atoms with Gasteiger partial charge in [-0.1, -0.05) is 45.0 Å². The van der Waals surface area contributed by atoms with Crippen molar-refractivity contribution in [2.75, 3.05) is 6.54 Å². The Morgan fingerprint density at radius 1 is 1.19 bits per heavy atom. The van der Waals surface area contributed by atoms with Crippen molar-refractivity contribution in [3.05, 3.63) is 58.0 Å². The van der Waals surface area contributed by atoms with Crippen molar-refractivity contribution in [3.8, 4) is 11.3 Å². The Morgan fingerprint density at radius 2 is 1.88 bits per heavy atom. The summed E-state index contributed by atoms with van der Waals surface area (Å²) in [6.45, 7) is 8.46. The second-order valence-electron chi connectivity index (χ2n) is 7.51. The first-order valence-corrected chi connectivity index (χ1v) is 8.71. The van der Waals surface area contributed by atoms with Gasteiger partial charge in [-0.25, -0.2) is 9.50 Å². The number of carbonyl (C=O) groups excluding carboxylic acids is 1. The number of hydrogen-bond donors (Lipinski definition) is 2. The van der Waals surface area contributed by atoms with Crippen molar-refractivity contribution < 1.29 is 4.79 Å². The molecule has 26 heavy (non-hydrogen) atoms. The van der Waals surface area contributed by atoms with E-state index in [0.717, 1.165) is 11.3 Å². The average molecular weight is 352 g/mol. The molecule has 6 nitrogen and oxygen atoms in total. The van der Waals surface area contributed by atoms with E-state index in [1.807, 2.05) is 18.2 Å². The Hall–Kier alpha value is -2.89. The van der Waals surface area contributed by atoms with Gasteiger partial charge >= 0.3 is 0 Å². The summed E-state index contributed by atoms with van der Waals surface area (Å²) in [6.07, 6.45) is 0.520. The smallest absolute Gasteiger partial charge is 0.272 e. The van der Waals surface area contributed by atoms with Crippen LogP contribution in [0.5, 0.6) is 0 Å². The predicted molar refractivity (Wildman–Crippen MR) is 102 cm³/mol. The zero-order valence-corrected chi connectivity index (χ0v) is 15.6. The molecule has 0 aliphatic rings. The molecule has 0 aliphatic heterocycles. The third-order valence-corrected chi connectivity index (χ3v) is 4.32. The molecule has 0 fully saturated rings. The molecule has 3 aromatic rings. The van der Waals surface area contributed by atoms with E-state index in [1.165, 1.54) is 23.1 Å². The molecule has 0 saturated heterocycles. The molecular formula is C20H24N4O2. The van der Waals surface area contributed by atoms with Crippen molar-refractivity contribution in [1.29, 1.82) is 0 Å². The fourth-order valence-corrected chi connectivity index (χ4v) is 2.83. The fraction of sp³-hybridized carbons (Fsp3) is 0.350. The number of hydrogen-bond acceptors (Lipinski definition) is 3. The zero-order valence-electron chi connectivity index (χ0n) is 15.6. The van der Waals surface area contributed by atoms with Gasteiger partial charge in [0, 0.05) is 32.0 Å². The standard InChI is InChI=1S/C20H24N4O2/c1-13(25)21-10-9-16-11-19(26)24-18(22-16)12-17(23-24)14-5-7-15(8-6-14)20(2,3)4/h5-8,11-12,23H,9-10H2,1-4H3,(H,21,25). The van der Waals surface area contributed by atoms with Gasteiger partial charge in [0.15, 0.2) is 5.65 Å². The Bertz CT molecular complexity index is 991. The number of carbonyl (C=O) groups is 1. The van der Waals surface area contributed by atoms with Gasteiger partial charge in [0.25, 0.3) is 5.56 Å². The molecule has 0 bridgehead atoms. The van der Waals surface area contributed by atoms with Crippen LogP contribution in [0.25, 0.3) is 16.9 Å². The minimum Gasteiger partial charge on any atom is -0.356 e. The molecule has 0 spiro atoms. The molecule has 2 heterocycles. The van der Waals surface area contributed by atoms with Crippen molar-refractivity contribution in [2.45, 2.75) is 39.5 Å². The van der Waals surface area contributed by atoms with Gasteiger partial charge in [-0.3, -0.25) is 14.7 Å². The van der Waals surface area contributed by atoms with E-state index in [9.17, 15) is 9.59 Å². The lowest BCUT2D eigenvalue weighted by Crippen LogP contribution is -2.24. The summed E-state index contributed by atoms with van der Waals surface area (Å²) in [4.78, 5) is 27.8. The summed E-state index contributed by atoms with van der Waals surface area (Å²) in [5.74, 6) is -0.0922. The summed E-state index contributed by atoms with van der Waals surface area (Å²) in [5, 5.41) is 5.83. The monoisotopic (exact) mass is 352 g/mol. The lowest BCUT2D eigenvalue weighted by Gasteiger charge is -2.18. The number of benzene rings is 1. The Kier molecular flexibility index (Phi) is 4.68. The lowest BCUT2D eigenvalue weighted by atomic mass is 9.86. The highest BCUT2D eigenvalue weighted by Gasteiger charge is 2.14. The Morgan fingerprint density at radius 3 is 2.50 bits per heavy atom. The number of H-pyrrole nitrogens is 1. The molecule has 1 aromatic carbocycles. The summed E-state index contributed by atoms with van der Waals surface area (Å²) >= 11 is 0. The second kappa shape index (κ2) is 6.78. The van der Waals surface area contributed by atoms with Crippen molar-refractivity contribution in [2.24, 2.45) is 0 Å². The summed E-state index contributed by atoms with van der Waals surface area (Å²) in [6, 6.07) is 11.7. The van der Waals surface area contributed by atoms with E-state index in [0.29, 0.717) is 24.3 Å². The zero-order chi connectivity index (χ0) is 18.9. The third-order valence-electron chi connectivity index (χ3n) is 4.32. The molecule has 136 valence electrons. The van der Waals surface area contributed by atoms with Crippen LogP contribution >= 0.6 is 0 Å². The quantitative estimate of drug-likeness (QED) is 0.758. The molecule has 0 atom stereocenters. The number of nitrogens with one attached hydrogen (secondary N) is 2. The van der Waals surface area contributed by atoms with Crippen LogP contribution in [0, 0.1) is 0 Å². The van der Waals surface area contributed by atoms with Crippen LogP contribution in [-0.4, -0.2) is 27.0 Å². The maximum absolute atomic E-state index is 12.3. The van der Waals surface area contributed by atoms with Crippen LogP contribution in [0.2, 0.25) is 0 Å². The van der Waals surface area contributed by atoms with E-state index in [1.54, 1.807) is 0 Å². The number of nitrogens with zero attached hydrogens (tertiary/aromatic N) is 2. The van der Waals surface area contributed by atoms with E-state index >= 15 is 0 Å². The molecule has 0 radical (unpaired) electrons. The lowest BCUT2D eigenvalue weighted by molar-refractivity contribution is -0.118. The van der Waals surface area contributed by atoms with Gasteiger partial charge in [0.05, 0.1) is 11.4 Å². The maximum Gasteiger partial charge on any atom is 0.272 e. The van der Waals surface area contributed by atoms with E-state index in [4.69, 9.17) is 0 Å². The van der Waals surface area contributed by atoms with Gasteiger partial charge in [-0.05, 0) is 16.5 Å². The SMILES string of the molecule is CC(=O)NCCc1cc(=O)n2[nH]c(-c3ccc(C(C)(C)C)cc3)cc2n1. The van der Waals surface area contributed by atoms with Crippen molar-refractivity contribution in [3.63, 3.8) is 0 Å². The molecule has 3 rings (SSSR count). The van der Waals surface area contributed by atoms with E-state index in [-0.39, 0.29) is 16.9 Å². The average Bonchev–Trinajstić information content (AvgIpc) is 2.98. The highest BCUT2D eigenvalue weighted by Crippen LogP contribution is 2.25. The Labute approximate surface area is 152 Å². The molecule has 2 aromatic heterocycles. The number of aromatic amines is 1. The third kappa shape index (κ3) is 3.85. The number of aromatic nitrogens is 3. The van der Waals surface area contributed by atoms with Crippen molar-refractivity contribution >= 4 is 11.6 Å². The minimum absolute atomic E-state index is 0.0922. The predicted octanol–water partition coefficient (Wildman–Crippen LogP) is 2.67. The molecule has 0 saturated carbocycles. The molecule has 0 aliphatic carbocycles. The first kappa shape index (κ1) is 17.9. The minimum atomic E-state index is -0.162. The van der Waals surface area contributed by atoms with Crippen LogP contribution in [0.3, 0.4) is 0 Å². The van der Waals surface area contributed by atoms with E-state index < -0.39 is 0 Å². The van der Waals surface area contributed by atoms with Gasteiger partial charge in [-0.15, -0.1) is 0 Å². The summed E-state index contributed by atoms with van der Waals surface area (Å²) in [7, 11) is 0. The fourth-order valence-electron chi connectivity index (χ4n) is 2.83. The van der Waals surface area contributed by atoms with E-state index in [2.05, 4.69) is 48.3 Å². The van der Waals surface area contributed by atoms with Crippen LogP contribution in [-0.2, 0) is 16.6 Å². The van der Waals surface area contributed by atoms with Gasteiger partial charge < -0.3 is 5.32 Å². The number of amides is 1. The van der Waals surface area contributed by atoms with Crippen LogP contribution in [0.1, 0.15) is 39.0 Å². The largest absolute Gasteiger partial charge is 0.356 e. The Balaban J connectivity index is 1.90. The molecule has 6 heteroatoms. The second-order valence-corrected chi connectivity index (χ2v) is 7.51. The van der Waals surface area contributed by atoms with Gasteiger partial charge in [-0.2, -0.15) is 0 Å². The summed E-state index contributed by atoms with van der Waals surface area (Å²) < 4.78 is 1.44. The van der Waals surface area contributed by atoms with Crippen LogP contribution in [0.4, 0.5) is 0 Å². The highest BCUT2D eigenvalue weighted by atomic mass is 16.1. The van der Waals surface area contributed by atoms with Crippen molar-refractivity contribution in [1.82, 2.24) is 19.9 Å². The molecule has 2 N–H and O–H groups in total.